The van der Waals surface area contributed by atoms with Crippen LogP contribution in [0.3, 0.4) is 0 Å². The zero-order chi connectivity index (χ0) is 22.4. The van der Waals surface area contributed by atoms with Crippen LogP contribution in [0.5, 0.6) is 0 Å². The van der Waals surface area contributed by atoms with E-state index < -0.39 is 19.5 Å². The number of nitrogens with one attached hydrogen (secondary N) is 1. The molecule has 0 saturated heterocycles. The highest BCUT2D eigenvalue weighted by Crippen LogP contribution is 2.42. The van der Waals surface area contributed by atoms with Gasteiger partial charge in [-0.1, -0.05) is 42.5 Å². The second kappa shape index (κ2) is 9.87. The molecule has 0 bridgehead atoms. The first-order valence-corrected chi connectivity index (χ1v) is 11.4. The quantitative estimate of drug-likeness (QED) is 0.306. The molecule has 0 radical (unpaired) electrons. The second-order valence-corrected chi connectivity index (χ2v) is 8.92. The van der Waals surface area contributed by atoms with Gasteiger partial charge in [0.1, 0.15) is 12.4 Å². The maximum absolute atomic E-state index is 12.3. The van der Waals surface area contributed by atoms with Crippen molar-refractivity contribution >= 4 is 25.5 Å². The summed E-state index contributed by atoms with van der Waals surface area (Å²) >= 11 is 0. The summed E-state index contributed by atoms with van der Waals surface area (Å²) in [6, 6.07) is 15.4. The van der Waals surface area contributed by atoms with Gasteiger partial charge < -0.3 is 19.8 Å². The Hall–Kier alpha value is -3.00. The number of hydrogen-bond donors (Lipinski definition) is 3. The van der Waals surface area contributed by atoms with Crippen molar-refractivity contribution in [2.24, 2.45) is 0 Å². The molecule has 1 atom stereocenters. The Morgan fingerprint density at radius 3 is 2.13 bits per heavy atom. The second-order valence-electron chi connectivity index (χ2n) is 7.11. The molecule has 1 aliphatic rings. The first kappa shape index (κ1) is 22.7. The Morgan fingerprint density at radius 1 is 0.968 bits per heavy atom. The third-order valence-corrected chi connectivity index (χ3v) is 6.09. The van der Waals surface area contributed by atoms with Gasteiger partial charge in [0.2, 0.25) is 0 Å². The van der Waals surface area contributed by atoms with Crippen molar-refractivity contribution in [2.75, 3.05) is 6.54 Å². The van der Waals surface area contributed by atoms with E-state index in [1.807, 2.05) is 6.07 Å². The first-order chi connectivity index (χ1) is 14.8. The average Bonchev–Trinajstić information content (AvgIpc) is 2.99. The standard InChI is InChI=1S/C21H23N2O7P/c24-19-16-10-4-5-11-17(16)20(25)23(19)13-7-6-12-18(31(27,28)29)22-21(26)30-14-15-8-2-1-3-9-15/h1-5,8-11,18H,6-7,12-14H2,(H,22,26)(H2,27,28,29). The molecule has 9 nitrogen and oxygen atoms in total. The summed E-state index contributed by atoms with van der Waals surface area (Å²) in [5.74, 6) is -2.18. The third kappa shape index (κ3) is 5.79. The number of amides is 3. The molecule has 10 heteroatoms. The number of hydrogen-bond acceptors (Lipinski definition) is 5. The van der Waals surface area contributed by atoms with Crippen LogP contribution in [0, 0.1) is 0 Å². The molecule has 3 N–H and O–H groups in total. The highest BCUT2D eigenvalue weighted by atomic mass is 31.2. The third-order valence-electron chi connectivity index (χ3n) is 4.89. The lowest BCUT2D eigenvalue weighted by Gasteiger charge is -2.20. The van der Waals surface area contributed by atoms with E-state index in [4.69, 9.17) is 4.74 Å². The Morgan fingerprint density at radius 2 is 1.55 bits per heavy atom. The number of nitrogens with zero attached hydrogens (tertiary/aromatic N) is 1. The van der Waals surface area contributed by atoms with Crippen molar-refractivity contribution in [3.8, 4) is 0 Å². The van der Waals surface area contributed by atoms with E-state index in [0.717, 1.165) is 10.5 Å². The van der Waals surface area contributed by atoms with Crippen molar-refractivity contribution in [1.82, 2.24) is 10.2 Å². The SMILES string of the molecule is O=C(NC(CCCCN1C(=O)c2ccccc2C1=O)P(=O)(O)O)OCc1ccccc1. The summed E-state index contributed by atoms with van der Waals surface area (Å²) in [5, 5.41) is 2.22. The maximum Gasteiger partial charge on any atom is 0.408 e. The Kier molecular flexibility index (Phi) is 7.22. The number of fused-ring (bicyclic) bond motifs is 1. The molecule has 1 heterocycles. The lowest BCUT2D eigenvalue weighted by molar-refractivity contribution is 0.0651. The van der Waals surface area contributed by atoms with Crippen LogP contribution in [0.1, 0.15) is 45.5 Å². The molecule has 0 saturated carbocycles. The molecular formula is C21H23N2O7P. The number of imide groups is 1. The van der Waals surface area contributed by atoms with Gasteiger partial charge in [-0.3, -0.25) is 19.1 Å². The fourth-order valence-corrected chi connectivity index (χ4v) is 4.07. The molecule has 1 unspecified atom stereocenters. The van der Waals surface area contributed by atoms with Crippen LogP contribution in [0.25, 0.3) is 0 Å². The number of alkyl carbamates (subject to hydrolysis) is 1. The van der Waals surface area contributed by atoms with Gasteiger partial charge in [0, 0.05) is 6.54 Å². The zero-order valence-electron chi connectivity index (χ0n) is 16.6. The average molecular weight is 446 g/mol. The number of carbonyl (C=O) groups excluding carboxylic acids is 3. The fourth-order valence-electron chi connectivity index (χ4n) is 3.28. The molecule has 0 aliphatic carbocycles. The predicted octanol–water partition coefficient (Wildman–Crippen LogP) is 2.88. The summed E-state index contributed by atoms with van der Waals surface area (Å²) < 4.78 is 16.8. The Labute approximate surface area is 179 Å². The molecule has 2 aromatic carbocycles. The largest absolute Gasteiger partial charge is 0.445 e. The van der Waals surface area contributed by atoms with E-state index in [2.05, 4.69) is 5.32 Å². The zero-order valence-corrected chi connectivity index (χ0v) is 17.5. The topological polar surface area (TPSA) is 133 Å². The predicted molar refractivity (Wildman–Crippen MR) is 111 cm³/mol. The summed E-state index contributed by atoms with van der Waals surface area (Å²) in [5.41, 5.74) is 1.44. The van der Waals surface area contributed by atoms with Gasteiger partial charge in [-0.25, -0.2) is 4.79 Å². The molecule has 3 amide bonds. The van der Waals surface area contributed by atoms with Gasteiger partial charge >= 0.3 is 13.7 Å². The van der Waals surface area contributed by atoms with Gasteiger partial charge in [-0.15, -0.1) is 0 Å². The fraction of sp³-hybridized carbons (Fsp3) is 0.286. The lowest BCUT2D eigenvalue weighted by Crippen LogP contribution is -2.35. The molecule has 0 fully saturated rings. The molecule has 2 aromatic rings. The summed E-state index contributed by atoms with van der Waals surface area (Å²) in [6.45, 7) is 0.0962. The van der Waals surface area contributed by atoms with Crippen LogP contribution in [-0.4, -0.2) is 44.9 Å². The molecule has 0 spiro atoms. The van der Waals surface area contributed by atoms with Gasteiger partial charge in [-0.05, 0) is 37.0 Å². The number of rotatable bonds is 9. The number of benzene rings is 2. The van der Waals surface area contributed by atoms with Gasteiger partial charge in [0.25, 0.3) is 11.8 Å². The van der Waals surface area contributed by atoms with Crippen molar-refractivity contribution in [3.63, 3.8) is 0 Å². The van der Waals surface area contributed by atoms with Gasteiger partial charge in [-0.2, -0.15) is 0 Å². The number of carbonyl (C=O) groups is 3. The minimum atomic E-state index is -4.62. The van der Waals surface area contributed by atoms with E-state index in [1.54, 1.807) is 48.5 Å². The first-order valence-electron chi connectivity index (χ1n) is 9.75. The van der Waals surface area contributed by atoms with Crippen LogP contribution >= 0.6 is 7.60 Å². The summed E-state index contributed by atoms with van der Waals surface area (Å²) in [4.78, 5) is 56.8. The normalized spacial score (nSPS) is 14.3. The van der Waals surface area contributed by atoms with Crippen LogP contribution < -0.4 is 5.32 Å². The van der Waals surface area contributed by atoms with Crippen LogP contribution in [0.2, 0.25) is 0 Å². The van der Waals surface area contributed by atoms with E-state index >= 15 is 0 Å². The van der Waals surface area contributed by atoms with Crippen molar-refractivity contribution < 1.29 is 33.5 Å². The minimum absolute atomic E-state index is 0.0275. The lowest BCUT2D eigenvalue weighted by atomic mass is 10.1. The monoisotopic (exact) mass is 446 g/mol. The molecule has 31 heavy (non-hydrogen) atoms. The van der Waals surface area contributed by atoms with E-state index in [9.17, 15) is 28.7 Å². The van der Waals surface area contributed by atoms with Gasteiger partial charge in [0.15, 0.2) is 0 Å². The number of ether oxygens (including phenoxy) is 1. The smallest absolute Gasteiger partial charge is 0.408 e. The number of unbranched alkanes of at least 4 members (excludes halogenated alkanes) is 1. The van der Waals surface area contributed by atoms with E-state index in [1.165, 1.54) is 0 Å². The van der Waals surface area contributed by atoms with Crippen LogP contribution in [0.15, 0.2) is 54.6 Å². The highest BCUT2D eigenvalue weighted by molar-refractivity contribution is 7.52. The van der Waals surface area contributed by atoms with Crippen LogP contribution in [-0.2, 0) is 15.9 Å². The Bertz CT molecular complexity index is 971. The van der Waals surface area contributed by atoms with Gasteiger partial charge in [0.05, 0.1) is 11.1 Å². The molecule has 0 aromatic heterocycles. The van der Waals surface area contributed by atoms with Crippen LogP contribution in [0.4, 0.5) is 4.79 Å². The highest BCUT2D eigenvalue weighted by Gasteiger charge is 2.35. The van der Waals surface area contributed by atoms with Crippen molar-refractivity contribution in [2.45, 2.75) is 31.7 Å². The maximum atomic E-state index is 12.3. The summed E-state index contributed by atoms with van der Waals surface area (Å²) in [7, 11) is -4.62. The Balaban J connectivity index is 1.47. The molecule has 3 rings (SSSR count). The van der Waals surface area contributed by atoms with E-state index in [0.29, 0.717) is 17.5 Å². The molecule has 1 aliphatic heterocycles. The molecule has 164 valence electrons. The summed E-state index contributed by atoms with van der Waals surface area (Å²) in [6.07, 6.45) is -0.351. The van der Waals surface area contributed by atoms with Crippen molar-refractivity contribution in [3.05, 3.63) is 71.3 Å². The molecular weight excluding hydrogens is 423 g/mol. The van der Waals surface area contributed by atoms with E-state index in [-0.39, 0.29) is 37.8 Å². The minimum Gasteiger partial charge on any atom is -0.445 e. The van der Waals surface area contributed by atoms with Crippen molar-refractivity contribution in [1.29, 1.82) is 0 Å².